The Hall–Kier alpha value is -1.87. The molecule has 9 heteroatoms. The molecule has 1 aromatic rings. The number of anilines is 1. The molecule has 30 heavy (non-hydrogen) atoms. The van der Waals surface area contributed by atoms with Gasteiger partial charge in [-0.3, -0.25) is 5.32 Å². The predicted octanol–water partition coefficient (Wildman–Crippen LogP) is 5.17. The number of benzene rings is 1. The minimum Gasteiger partial charge on any atom is -0.444 e. The number of aliphatic hydroxyl groups is 1. The molecule has 0 fully saturated rings. The van der Waals surface area contributed by atoms with E-state index >= 15 is 0 Å². The van der Waals surface area contributed by atoms with Gasteiger partial charge in [0, 0.05) is 11.3 Å². The highest BCUT2D eigenvalue weighted by molar-refractivity contribution is 7.85. The molecule has 0 saturated carbocycles. The van der Waals surface area contributed by atoms with E-state index in [-0.39, 0.29) is 17.0 Å². The number of amides is 1. The number of carbonyl (C=O) groups excluding carboxylic acids is 1. The lowest BCUT2D eigenvalue weighted by Gasteiger charge is -2.30. The van der Waals surface area contributed by atoms with Crippen LogP contribution >= 0.6 is 0 Å². The highest BCUT2D eigenvalue weighted by Gasteiger charge is 2.47. The predicted molar refractivity (Wildman–Crippen MR) is 117 cm³/mol. The first-order chi connectivity index (χ1) is 13.2. The van der Waals surface area contributed by atoms with Crippen molar-refractivity contribution in [1.29, 1.82) is 0 Å². The molecule has 1 atom stereocenters. The SMILES string of the molecule is C/C(=N/[S@](=O)C(C)(C)C)c1cc(NC(=O)OC(C)(C)C)cc(C(F)(F)C(C)(C)O)c1. The van der Waals surface area contributed by atoms with Crippen LogP contribution in [0.4, 0.5) is 19.3 Å². The van der Waals surface area contributed by atoms with E-state index in [4.69, 9.17) is 4.74 Å². The second-order valence-corrected chi connectivity index (χ2v) is 11.5. The van der Waals surface area contributed by atoms with Gasteiger partial charge in [0.05, 0.1) is 10.5 Å². The van der Waals surface area contributed by atoms with Crippen molar-refractivity contribution in [3.05, 3.63) is 29.3 Å². The van der Waals surface area contributed by atoms with Crippen LogP contribution in [0.2, 0.25) is 0 Å². The lowest BCUT2D eigenvalue weighted by molar-refractivity contribution is -0.168. The number of nitrogens with one attached hydrogen (secondary N) is 1. The number of hydrogen-bond donors (Lipinski definition) is 2. The van der Waals surface area contributed by atoms with Gasteiger partial charge >= 0.3 is 12.0 Å². The van der Waals surface area contributed by atoms with Gasteiger partial charge in [-0.05, 0) is 86.1 Å². The monoisotopic (exact) mass is 446 g/mol. The molecule has 1 aromatic carbocycles. The van der Waals surface area contributed by atoms with Crippen molar-refractivity contribution < 1.29 is 27.6 Å². The maximum absolute atomic E-state index is 14.9. The van der Waals surface area contributed by atoms with Gasteiger partial charge in [-0.15, -0.1) is 0 Å². The van der Waals surface area contributed by atoms with Gasteiger partial charge in [0.15, 0.2) is 0 Å². The Kier molecular flexibility index (Phi) is 7.59. The molecule has 6 nitrogen and oxygen atoms in total. The number of carbonyl (C=O) groups is 1. The zero-order valence-corrected chi connectivity index (χ0v) is 19.8. The summed E-state index contributed by atoms with van der Waals surface area (Å²) in [6.07, 6.45) is -0.815. The number of alkyl halides is 2. The summed E-state index contributed by atoms with van der Waals surface area (Å²) in [5.74, 6) is -3.63. The maximum Gasteiger partial charge on any atom is 0.412 e. The smallest absolute Gasteiger partial charge is 0.412 e. The average Bonchev–Trinajstić information content (AvgIpc) is 2.50. The summed E-state index contributed by atoms with van der Waals surface area (Å²) in [6, 6.07) is 3.67. The molecule has 0 bridgehead atoms. The second kappa shape index (κ2) is 8.70. The zero-order chi connectivity index (χ0) is 23.7. The van der Waals surface area contributed by atoms with Crippen LogP contribution in [0.5, 0.6) is 0 Å². The summed E-state index contributed by atoms with van der Waals surface area (Å²) >= 11 is 0. The summed E-state index contributed by atoms with van der Waals surface area (Å²) < 4.78 is 50.7. The van der Waals surface area contributed by atoms with Crippen molar-refractivity contribution in [2.45, 2.75) is 84.2 Å². The fourth-order valence-corrected chi connectivity index (χ4v) is 2.81. The molecule has 0 aliphatic carbocycles. The molecule has 0 saturated heterocycles. The Morgan fingerprint density at radius 1 is 1.07 bits per heavy atom. The lowest BCUT2D eigenvalue weighted by atomic mass is 9.91. The van der Waals surface area contributed by atoms with E-state index in [1.165, 1.54) is 6.07 Å². The molecular formula is C21H32F2N2O4S. The highest BCUT2D eigenvalue weighted by Crippen LogP contribution is 2.40. The molecule has 0 aromatic heterocycles. The van der Waals surface area contributed by atoms with E-state index in [0.29, 0.717) is 0 Å². The molecule has 0 aliphatic heterocycles. The fourth-order valence-electron chi connectivity index (χ4n) is 2.18. The van der Waals surface area contributed by atoms with E-state index < -0.39 is 44.5 Å². The summed E-state index contributed by atoms with van der Waals surface area (Å²) in [6.45, 7) is 13.8. The summed E-state index contributed by atoms with van der Waals surface area (Å²) in [5, 5.41) is 12.4. The van der Waals surface area contributed by atoms with Crippen molar-refractivity contribution in [3.63, 3.8) is 0 Å². The van der Waals surface area contributed by atoms with Crippen molar-refractivity contribution >= 4 is 28.5 Å². The third kappa shape index (κ3) is 7.12. The third-order valence-corrected chi connectivity index (χ3v) is 5.36. The Balaban J connectivity index is 3.52. The number of hydrogen-bond acceptors (Lipinski definition) is 4. The van der Waals surface area contributed by atoms with Crippen LogP contribution in [0.3, 0.4) is 0 Å². The van der Waals surface area contributed by atoms with Crippen LogP contribution in [-0.2, 0) is 21.6 Å². The van der Waals surface area contributed by atoms with Gasteiger partial charge < -0.3 is 9.84 Å². The van der Waals surface area contributed by atoms with Crippen LogP contribution in [0.15, 0.2) is 22.6 Å². The highest BCUT2D eigenvalue weighted by atomic mass is 32.2. The third-order valence-electron chi connectivity index (χ3n) is 3.87. The summed E-state index contributed by atoms with van der Waals surface area (Å²) in [5.41, 5.74) is -3.12. The van der Waals surface area contributed by atoms with Crippen LogP contribution in [-0.4, -0.2) is 37.1 Å². The van der Waals surface area contributed by atoms with Gasteiger partial charge in [-0.2, -0.15) is 13.2 Å². The van der Waals surface area contributed by atoms with E-state index in [9.17, 15) is 22.9 Å². The first-order valence-corrected chi connectivity index (χ1v) is 10.6. The molecule has 0 aliphatic rings. The maximum atomic E-state index is 14.9. The van der Waals surface area contributed by atoms with Crippen molar-refractivity contribution in [3.8, 4) is 0 Å². The minimum atomic E-state index is -3.63. The Labute approximate surface area is 179 Å². The Bertz CT molecular complexity index is 848. The molecule has 0 heterocycles. The number of rotatable bonds is 5. The topological polar surface area (TPSA) is 88.0 Å². The first-order valence-electron chi connectivity index (χ1n) is 9.47. The second-order valence-electron chi connectivity index (χ2n) is 9.60. The molecule has 0 radical (unpaired) electrons. The minimum absolute atomic E-state index is 0.0387. The standard InChI is InChI=1S/C21H32F2N2O4S/c1-13(25-30(28)19(5,6)7)14-10-15(21(22,23)20(8,9)27)12-16(11-14)24-17(26)29-18(2,3)4/h10-12,27H,1-9H3,(H,24,26)/b25-13-/t30-/m1/s1. The van der Waals surface area contributed by atoms with Gasteiger partial charge in [0.2, 0.25) is 0 Å². The van der Waals surface area contributed by atoms with Crippen molar-refractivity contribution in [2.75, 3.05) is 5.32 Å². The molecule has 1 amide bonds. The Morgan fingerprint density at radius 2 is 1.60 bits per heavy atom. The number of nitrogens with zero attached hydrogens (tertiary/aromatic N) is 1. The first kappa shape index (κ1) is 26.2. The van der Waals surface area contributed by atoms with Gasteiger partial charge in [0.25, 0.3) is 0 Å². The molecule has 1 rings (SSSR count). The van der Waals surface area contributed by atoms with E-state index in [2.05, 4.69) is 9.71 Å². The van der Waals surface area contributed by atoms with Gasteiger partial charge in [0.1, 0.15) is 22.2 Å². The van der Waals surface area contributed by atoms with E-state index in [1.54, 1.807) is 48.5 Å². The average molecular weight is 447 g/mol. The number of ether oxygens (including phenoxy) is 1. The van der Waals surface area contributed by atoms with Crippen LogP contribution in [0.1, 0.15) is 73.4 Å². The summed E-state index contributed by atoms with van der Waals surface area (Å²) in [7, 11) is -1.60. The zero-order valence-electron chi connectivity index (χ0n) is 19.0. The molecule has 2 N–H and O–H groups in total. The van der Waals surface area contributed by atoms with E-state index in [0.717, 1.165) is 26.0 Å². The quantitative estimate of drug-likeness (QED) is 0.611. The van der Waals surface area contributed by atoms with Crippen LogP contribution in [0.25, 0.3) is 0 Å². The van der Waals surface area contributed by atoms with Crippen LogP contribution in [0, 0.1) is 0 Å². The lowest BCUT2D eigenvalue weighted by Crippen LogP contribution is -2.40. The fraction of sp³-hybridized carbons (Fsp3) is 0.619. The molecule has 170 valence electrons. The molecular weight excluding hydrogens is 414 g/mol. The molecule has 0 spiro atoms. The van der Waals surface area contributed by atoms with Gasteiger partial charge in [-0.25, -0.2) is 9.00 Å². The Morgan fingerprint density at radius 3 is 2.03 bits per heavy atom. The molecule has 0 unspecified atom stereocenters. The van der Waals surface area contributed by atoms with Crippen LogP contribution < -0.4 is 5.32 Å². The summed E-state index contributed by atoms with van der Waals surface area (Å²) in [4.78, 5) is 12.1. The normalized spacial score (nSPS) is 15.0. The largest absolute Gasteiger partial charge is 0.444 e. The van der Waals surface area contributed by atoms with Gasteiger partial charge in [-0.1, -0.05) is 0 Å². The van der Waals surface area contributed by atoms with Crippen molar-refractivity contribution in [1.82, 2.24) is 0 Å². The number of halogens is 2. The van der Waals surface area contributed by atoms with Crippen molar-refractivity contribution in [2.24, 2.45) is 4.40 Å². The van der Waals surface area contributed by atoms with E-state index in [1.807, 2.05) is 0 Å².